The van der Waals surface area contributed by atoms with Gasteiger partial charge in [-0.3, -0.25) is 0 Å². The number of nitrogens with zero attached hydrogens (tertiary/aromatic N) is 2. The molecule has 1 aromatic heterocycles. The van der Waals surface area contributed by atoms with Gasteiger partial charge in [-0.15, -0.1) is 0 Å². The van der Waals surface area contributed by atoms with Crippen LogP contribution in [0.1, 0.15) is 31.9 Å². The predicted molar refractivity (Wildman–Crippen MR) is 66.6 cm³/mol. The van der Waals surface area contributed by atoms with Crippen molar-refractivity contribution in [3.8, 4) is 0 Å². The van der Waals surface area contributed by atoms with Gasteiger partial charge in [0.1, 0.15) is 0 Å². The van der Waals surface area contributed by atoms with Gasteiger partial charge in [0.05, 0.1) is 16.6 Å². The second-order valence-corrected chi connectivity index (χ2v) is 5.75. The molecule has 1 aliphatic rings. The molecule has 19 heavy (non-hydrogen) atoms. The van der Waals surface area contributed by atoms with Gasteiger partial charge in [0.2, 0.25) is 5.95 Å². The highest BCUT2D eigenvalue weighted by Crippen LogP contribution is 2.57. The SMILES string of the molecule is CC1(C)CC1n1c(N)nc2cc(C(F)(F)F)ccc21. The van der Waals surface area contributed by atoms with E-state index in [1.807, 2.05) is 4.57 Å². The fourth-order valence-corrected chi connectivity index (χ4v) is 2.50. The summed E-state index contributed by atoms with van der Waals surface area (Å²) in [6.45, 7) is 4.21. The van der Waals surface area contributed by atoms with Crippen molar-refractivity contribution in [3.05, 3.63) is 23.8 Å². The molecule has 3 rings (SSSR count). The lowest BCUT2D eigenvalue weighted by Gasteiger charge is -2.09. The number of rotatable bonds is 1. The maximum absolute atomic E-state index is 12.7. The highest BCUT2D eigenvalue weighted by atomic mass is 19.4. The molecule has 2 N–H and O–H groups in total. The number of nitrogens with two attached hydrogens (primary N) is 1. The molecule has 0 spiro atoms. The Morgan fingerprint density at radius 2 is 2.00 bits per heavy atom. The average molecular weight is 269 g/mol. The minimum Gasteiger partial charge on any atom is -0.369 e. The molecule has 102 valence electrons. The summed E-state index contributed by atoms with van der Waals surface area (Å²) in [5, 5.41) is 0. The maximum atomic E-state index is 12.7. The topological polar surface area (TPSA) is 43.8 Å². The van der Waals surface area contributed by atoms with Gasteiger partial charge >= 0.3 is 6.18 Å². The average Bonchev–Trinajstić information content (AvgIpc) is 2.76. The molecule has 0 bridgehead atoms. The number of hydrogen-bond acceptors (Lipinski definition) is 2. The summed E-state index contributed by atoms with van der Waals surface area (Å²) in [4.78, 5) is 4.05. The molecule has 1 saturated carbocycles. The molecule has 1 unspecified atom stereocenters. The molecule has 1 atom stereocenters. The zero-order valence-corrected chi connectivity index (χ0v) is 10.6. The third kappa shape index (κ3) is 1.86. The van der Waals surface area contributed by atoms with Crippen LogP contribution in [0.5, 0.6) is 0 Å². The van der Waals surface area contributed by atoms with E-state index in [2.05, 4.69) is 18.8 Å². The number of fused-ring (bicyclic) bond motifs is 1. The van der Waals surface area contributed by atoms with Crippen LogP contribution in [-0.2, 0) is 6.18 Å². The van der Waals surface area contributed by atoms with Crippen LogP contribution in [0.25, 0.3) is 11.0 Å². The van der Waals surface area contributed by atoms with Gasteiger partial charge in [-0.2, -0.15) is 13.2 Å². The van der Waals surface area contributed by atoms with Crippen molar-refractivity contribution in [1.29, 1.82) is 0 Å². The van der Waals surface area contributed by atoms with Gasteiger partial charge in [0, 0.05) is 6.04 Å². The Morgan fingerprint density at radius 3 is 2.53 bits per heavy atom. The largest absolute Gasteiger partial charge is 0.416 e. The van der Waals surface area contributed by atoms with Crippen LogP contribution in [0.3, 0.4) is 0 Å². The van der Waals surface area contributed by atoms with Crippen LogP contribution in [0, 0.1) is 5.41 Å². The summed E-state index contributed by atoms with van der Waals surface area (Å²) in [5.74, 6) is 0.282. The van der Waals surface area contributed by atoms with E-state index in [-0.39, 0.29) is 17.4 Å². The van der Waals surface area contributed by atoms with Crippen LogP contribution in [0.4, 0.5) is 19.1 Å². The summed E-state index contributed by atoms with van der Waals surface area (Å²) >= 11 is 0. The summed E-state index contributed by atoms with van der Waals surface area (Å²) in [5.41, 5.74) is 6.25. The standard InChI is InChI=1S/C13H14F3N3/c1-12(2)6-10(12)19-9-4-3-7(13(14,15)16)5-8(9)18-11(19)17/h3-5,10H,6H2,1-2H3,(H2,17,18). The lowest BCUT2D eigenvalue weighted by molar-refractivity contribution is -0.137. The summed E-state index contributed by atoms with van der Waals surface area (Å²) in [6, 6.07) is 3.80. The van der Waals surface area contributed by atoms with Crippen molar-refractivity contribution < 1.29 is 13.2 Å². The number of hydrogen-bond donors (Lipinski definition) is 1. The van der Waals surface area contributed by atoms with E-state index in [1.54, 1.807) is 0 Å². The van der Waals surface area contributed by atoms with Crippen molar-refractivity contribution in [3.63, 3.8) is 0 Å². The zero-order chi connectivity index (χ0) is 14.0. The van der Waals surface area contributed by atoms with E-state index in [0.717, 1.165) is 18.6 Å². The number of alkyl halides is 3. The minimum absolute atomic E-state index is 0.129. The number of nitrogen functional groups attached to an aromatic ring is 1. The molecule has 6 heteroatoms. The van der Waals surface area contributed by atoms with Gasteiger partial charge < -0.3 is 10.3 Å². The third-order valence-electron chi connectivity index (χ3n) is 3.82. The molecule has 0 amide bonds. The molecule has 2 aromatic rings. The quantitative estimate of drug-likeness (QED) is 0.859. The molecule has 0 saturated heterocycles. The van der Waals surface area contributed by atoms with E-state index in [4.69, 9.17) is 5.73 Å². The first-order chi connectivity index (χ1) is 8.70. The fraction of sp³-hybridized carbons (Fsp3) is 0.462. The smallest absolute Gasteiger partial charge is 0.369 e. The molecule has 1 aromatic carbocycles. The van der Waals surface area contributed by atoms with Crippen molar-refractivity contribution >= 4 is 17.0 Å². The Labute approximate surface area is 108 Å². The number of anilines is 1. The van der Waals surface area contributed by atoms with Crippen LogP contribution in [0.2, 0.25) is 0 Å². The summed E-state index contributed by atoms with van der Waals surface area (Å²) in [6.07, 6.45) is -3.39. The lowest BCUT2D eigenvalue weighted by Crippen LogP contribution is -2.06. The molecule has 1 aliphatic carbocycles. The Bertz CT molecular complexity index is 655. The first-order valence-electron chi connectivity index (χ1n) is 6.05. The van der Waals surface area contributed by atoms with Crippen LogP contribution in [-0.4, -0.2) is 9.55 Å². The third-order valence-corrected chi connectivity index (χ3v) is 3.82. The number of halogens is 3. The van der Waals surface area contributed by atoms with E-state index < -0.39 is 11.7 Å². The summed E-state index contributed by atoms with van der Waals surface area (Å²) < 4.78 is 39.8. The van der Waals surface area contributed by atoms with Gasteiger partial charge in [0.25, 0.3) is 0 Å². The van der Waals surface area contributed by atoms with E-state index in [9.17, 15) is 13.2 Å². The second kappa shape index (κ2) is 3.43. The highest BCUT2D eigenvalue weighted by Gasteiger charge is 2.48. The summed E-state index contributed by atoms with van der Waals surface area (Å²) in [7, 11) is 0. The van der Waals surface area contributed by atoms with E-state index in [0.29, 0.717) is 11.0 Å². The minimum atomic E-state index is -4.36. The maximum Gasteiger partial charge on any atom is 0.416 e. The van der Waals surface area contributed by atoms with Gasteiger partial charge in [-0.05, 0) is 30.0 Å². The number of aromatic nitrogens is 2. The Morgan fingerprint density at radius 1 is 1.37 bits per heavy atom. The van der Waals surface area contributed by atoms with Crippen LogP contribution < -0.4 is 5.73 Å². The Kier molecular flexibility index (Phi) is 2.23. The number of benzene rings is 1. The monoisotopic (exact) mass is 269 g/mol. The Balaban J connectivity index is 2.14. The van der Waals surface area contributed by atoms with Gasteiger partial charge in [0.15, 0.2) is 0 Å². The highest BCUT2D eigenvalue weighted by molar-refractivity contribution is 5.79. The number of imidazole rings is 1. The van der Waals surface area contributed by atoms with E-state index in [1.165, 1.54) is 6.07 Å². The van der Waals surface area contributed by atoms with Crippen molar-refractivity contribution in [2.45, 2.75) is 32.5 Å². The molecular weight excluding hydrogens is 255 g/mol. The first-order valence-corrected chi connectivity index (χ1v) is 6.05. The lowest BCUT2D eigenvalue weighted by atomic mass is 10.1. The van der Waals surface area contributed by atoms with Crippen LogP contribution >= 0.6 is 0 Å². The molecule has 0 aliphatic heterocycles. The van der Waals surface area contributed by atoms with Crippen molar-refractivity contribution in [2.75, 3.05) is 5.73 Å². The molecule has 3 nitrogen and oxygen atoms in total. The molecule has 1 fully saturated rings. The molecule has 1 heterocycles. The normalized spacial score (nSPS) is 21.8. The fourth-order valence-electron chi connectivity index (χ4n) is 2.50. The molecule has 0 radical (unpaired) electrons. The van der Waals surface area contributed by atoms with E-state index >= 15 is 0 Å². The zero-order valence-electron chi connectivity index (χ0n) is 10.6. The van der Waals surface area contributed by atoms with Gasteiger partial charge in [-0.1, -0.05) is 13.8 Å². The van der Waals surface area contributed by atoms with Crippen molar-refractivity contribution in [2.24, 2.45) is 5.41 Å². The Hall–Kier alpha value is -1.72. The van der Waals surface area contributed by atoms with Crippen molar-refractivity contribution in [1.82, 2.24) is 9.55 Å². The first kappa shape index (κ1) is 12.3. The van der Waals surface area contributed by atoms with Gasteiger partial charge in [-0.25, -0.2) is 4.98 Å². The van der Waals surface area contributed by atoms with Crippen LogP contribution in [0.15, 0.2) is 18.2 Å². The predicted octanol–water partition coefficient (Wildman–Crippen LogP) is 3.61. The second-order valence-electron chi connectivity index (χ2n) is 5.75. The molecular formula is C13H14F3N3.